The second-order valence-electron chi connectivity index (χ2n) is 4.08. The first-order valence-corrected chi connectivity index (χ1v) is 7.05. The Bertz CT molecular complexity index is 360. The Balaban J connectivity index is 2.10. The SMILES string of the molecule is CCN1CCOC(C(NN)c2sccc2Cl)C1. The molecule has 0 saturated carbocycles. The summed E-state index contributed by atoms with van der Waals surface area (Å²) in [6.45, 7) is 5.82. The topological polar surface area (TPSA) is 50.5 Å². The molecule has 1 aliphatic heterocycles. The maximum Gasteiger partial charge on any atom is 0.0918 e. The molecule has 2 heterocycles. The van der Waals surface area contributed by atoms with Crippen LogP contribution in [0.4, 0.5) is 0 Å². The van der Waals surface area contributed by atoms with Crippen LogP contribution in [0.5, 0.6) is 0 Å². The molecular weight excluding hydrogens is 258 g/mol. The number of rotatable bonds is 4. The van der Waals surface area contributed by atoms with Crippen molar-refractivity contribution in [2.75, 3.05) is 26.2 Å². The zero-order chi connectivity index (χ0) is 12.3. The fourth-order valence-corrected chi connectivity index (χ4v) is 3.39. The second kappa shape index (κ2) is 6.13. The monoisotopic (exact) mass is 275 g/mol. The first kappa shape index (κ1) is 13.3. The van der Waals surface area contributed by atoms with Crippen LogP contribution < -0.4 is 11.3 Å². The molecule has 1 aliphatic rings. The third-order valence-electron chi connectivity index (χ3n) is 3.10. The van der Waals surface area contributed by atoms with E-state index in [0.717, 1.165) is 36.1 Å². The number of nitrogens with two attached hydrogens (primary N) is 1. The van der Waals surface area contributed by atoms with Crippen molar-refractivity contribution in [1.29, 1.82) is 0 Å². The molecule has 0 aromatic carbocycles. The third-order valence-corrected chi connectivity index (χ3v) is 4.54. The first-order chi connectivity index (χ1) is 8.26. The normalized spacial score (nSPS) is 23.8. The molecule has 96 valence electrons. The number of ether oxygens (including phenoxy) is 1. The van der Waals surface area contributed by atoms with Gasteiger partial charge in [0.25, 0.3) is 0 Å². The van der Waals surface area contributed by atoms with Crippen molar-refractivity contribution < 1.29 is 4.74 Å². The number of nitrogens with zero attached hydrogens (tertiary/aromatic N) is 1. The summed E-state index contributed by atoms with van der Waals surface area (Å²) < 4.78 is 5.81. The number of hydrazine groups is 1. The molecule has 3 N–H and O–H groups in total. The zero-order valence-corrected chi connectivity index (χ0v) is 11.4. The molecular formula is C11H18ClN3OS. The van der Waals surface area contributed by atoms with E-state index in [1.807, 2.05) is 11.4 Å². The van der Waals surface area contributed by atoms with Crippen LogP contribution in [0.2, 0.25) is 5.02 Å². The van der Waals surface area contributed by atoms with E-state index in [1.165, 1.54) is 0 Å². The highest BCUT2D eigenvalue weighted by Gasteiger charge is 2.30. The van der Waals surface area contributed by atoms with Crippen LogP contribution in [-0.2, 0) is 4.74 Å². The van der Waals surface area contributed by atoms with E-state index >= 15 is 0 Å². The highest BCUT2D eigenvalue weighted by atomic mass is 35.5. The van der Waals surface area contributed by atoms with Gasteiger partial charge in [-0.25, -0.2) is 5.43 Å². The Labute approximate surface area is 111 Å². The van der Waals surface area contributed by atoms with Crippen LogP contribution >= 0.6 is 22.9 Å². The Hall–Kier alpha value is -0.170. The molecule has 2 unspecified atom stereocenters. The predicted octanol–water partition coefficient (Wildman–Crippen LogP) is 1.63. The molecule has 1 aromatic rings. The highest BCUT2D eigenvalue weighted by Crippen LogP contribution is 2.32. The van der Waals surface area contributed by atoms with Crippen LogP contribution in [0.25, 0.3) is 0 Å². The van der Waals surface area contributed by atoms with E-state index in [4.69, 9.17) is 22.2 Å². The van der Waals surface area contributed by atoms with Crippen molar-refractivity contribution in [2.24, 2.45) is 5.84 Å². The van der Waals surface area contributed by atoms with Crippen LogP contribution in [0.3, 0.4) is 0 Å². The molecule has 1 fully saturated rings. The zero-order valence-electron chi connectivity index (χ0n) is 9.86. The van der Waals surface area contributed by atoms with Crippen molar-refractivity contribution in [3.05, 3.63) is 21.3 Å². The van der Waals surface area contributed by atoms with E-state index in [1.54, 1.807) is 11.3 Å². The lowest BCUT2D eigenvalue weighted by Crippen LogP contribution is -2.49. The van der Waals surface area contributed by atoms with Crippen LogP contribution in [0, 0.1) is 0 Å². The highest BCUT2D eigenvalue weighted by molar-refractivity contribution is 7.10. The summed E-state index contributed by atoms with van der Waals surface area (Å²) in [5.41, 5.74) is 2.83. The van der Waals surface area contributed by atoms with Crippen LogP contribution in [0.15, 0.2) is 11.4 Å². The summed E-state index contributed by atoms with van der Waals surface area (Å²) in [5.74, 6) is 5.65. The Kier molecular flexibility index (Phi) is 4.78. The van der Waals surface area contributed by atoms with Crippen molar-refractivity contribution in [1.82, 2.24) is 10.3 Å². The minimum absolute atomic E-state index is 0.0307. The van der Waals surface area contributed by atoms with Gasteiger partial charge in [0.1, 0.15) is 0 Å². The number of likely N-dealkylation sites (N-methyl/N-ethyl adjacent to an activating group) is 1. The smallest absolute Gasteiger partial charge is 0.0918 e. The lowest BCUT2D eigenvalue weighted by Gasteiger charge is -2.36. The molecule has 1 saturated heterocycles. The van der Waals surface area contributed by atoms with Gasteiger partial charge in [0, 0.05) is 18.0 Å². The number of morpholine rings is 1. The molecule has 4 nitrogen and oxygen atoms in total. The quantitative estimate of drug-likeness (QED) is 0.648. The maximum absolute atomic E-state index is 6.15. The van der Waals surface area contributed by atoms with Gasteiger partial charge in [0.2, 0.25) is 0 Å². The number of nitrogens with one attached hydrogen (secondary N) is 1. The molecule has 0 spiro atoms. The van der Waals surface area contributed by atoms with E-state index in [2.05, 4.69) is 17.2 Å². The van der Waals surface area contributed by atoms with Gasteiger partial charge < -0.3 is 4.74 Å². The van der Waals surface area contributed by atoms with Gasteiger partial charge in [-0.15, -0.1) is 11.3 Å². The lowest BCUT2D eigenvalue weighted by molar-refractivity contribution is -0.0450. The predicted molar refractivity (Wildman–Crippen MR) is 71.2 cm³/mol. The van der Waals surface area contributed by atoms with E-state index in [-0.39, 0.29) is 12.1 Å². The minimum Gasteiger partial charge on any atom is -0.373 e. The Morgan fingerprint density at radius 1 is 1.76 bits per heavy atom. The number of hydrogen-bond acceptors (Lipinski definition) is 5. The maximum atomic E-state index is 6.15. The van der Waals surface area contributed by atoms with E-state index < -0.39 is 0 Å². The number of hydrogen-bond donors (Lipinski definition) is 2. The molecule has 17 heavy (non-hydrogen) atoms. The van der Waals surface area contributed by atoms with Crippen molar-refractivity contribution in [3.63, 3.8) is 0 Å². The van der Waals surface area contributed by atoms with E-state index in [9.17, 15) is 0 Å². The van der Waals surface area contributed by atoms with Gasteiger partial charge >= 0.3 is 0 Å². The lowest BCUT2D eigenvalue weighted by atomic mass is 10.1. The van der Waals surface area contributed by atoms with Gasteiger partial charge in [0.15, 0.2) is 0 Å². The Morgan fingerprint density at radius 3 is 3.18 bits per heavy atom. The summed E-state index contributed by atoms with van der Waals surface area (Å²) >= 11 is 7.76. The molecule has 0 amide bonds. The van der Waals surface area contributed by atoms with Crippen LogP contribution in [-0.4, -0.2) is 37.2 Å². The average molecular weight is 276 g/mol. The first-order valence-electron chi connectivity index (χ1n) is 5.79. The fraction of sp³-hybridized carbons (Fsp3) is 0.636. The summed E-state index contributed by atoms with van der Waals surface area (Å²) in [6, 6.07) is 1.86. The molecule has 0 bridgehead atoms. The Morgan fingerprint density at radius 2 is 2.59 bits per heavy atom. The summed E-state index contributed by atoms with van der Waals surface area (Å²) in [6.07, 6.45) is 0.0600. The second-order valence-corrected chi connectivity index (χ2v) is 5.43. The van der Waals surface area contributed by atoms with Crippen molar-refractivity contribution in [2.45, 2.75) is 19.1 Å². The van der Waals surface area contributed by atoms with Gasteiger partial charge in [-0.05, 0) is 18.0 Å². The van der Waals surface area contributed by atoms with E-state index in [0.29, 0.717) is 0 Å². The molecule has 0 aliphatic carbocycles. The third kappa shape index (κ3) is 2.99. The molecule has 6 heteroatoms. The minimum atomic E-state index is -0.0307. The van der Waals surface area contributed by atoms with Gasteiger partial charge in [-0.2, -0.15) is 0 Å². The van der Waals surface area contributed by atoms with Gasteiger partial charge in [-0.3, -0.25) is 10.7 Å². The summed E-state index contributed by atoms with van der Waals surface area (Å²) in [5, 5.41) is 2.73. The average Bonchev–Trinajstić information content (AvgIpc) is 2.77. The molecule has 2 rings (SSSR count). The number of halogens is 1. The molecule has 2 atom stereocenters. The van der Waals surface area contributed by atoms with Gasteiger partial charge in [0.05, 0.1) is 23.8 Å². The van der Waals surface area contributed by atoms with Gasteiger partial charge in [-0.1, -0.05) is 18.5 Å². The summed E-state index contributed by atoms with van der Waals surface area (Å²) in [4.78, 5) is 3.41. The van der Waals surface area contributed by atoms with Crippen molar-refractivity contribution >= 4 is 22.9 Å². The molecule has 1 aromatic heterocycles. The van der Waals surface area contributed by atoms with Crippen molar-refractivity contribution in [3.8, 4) is 0 Å². The summed E-state index contributed by atoms with van der Waals surface area (Å²) in [7, 11) is 0. The fourth-order valence-electron chi connectivity index (χ4n) is 2.10. The standard InChI is InChI=1S/C11H18ClN3OS/c1-2-15-4-5-16-9(7-15)10(14-13)11-8(12)3-6-17-11/h3,6,9-10,14H,2,4-5,7,13H2,1H3. The van der Waals surface area contributed by atoms with Crippen LogP contribution in [0.1, 0.15) is 17.8 Å². The molecule has 0 radical (unpaired) electrons. The number of thiophene rings is 1. The largest absolute Gasteiger partial charge is 0.373 e.